The number of para-hydroxylation sites is 1. The van der Waals surface area contributed by atoms with Crippen molar-refractivity contribution >= 4 is 17.7 Å². The number of carboxylic acids is 1. The van der Waals surface area contributed by atoms with Crippen molar-refractivity contribution in [3.05, 3.63) is 30.1 Å². The number of nitrogens with one attached hydrogen (secondary N) is 1. The molecule has 0 aliphatic heterocycles. The molecule has 0 bridgehead atoms. The summed E-state index contributed by atoms with van der Waals surface area (Å²) in [5.74, 6) is -1.48. The molecule has 0 saturated carbocycles. The van der Waals surface area contributed by atoms with E-state index >= 15 is 0 Å². The van der Waals surface area contributed by atoms with Gasteiger partial charge in [-0.2, -0.15) is 0 Å². The predicted molar refractivity (Wildman–Crippen MR) is 74.3 cm³/mol. The number of rotatable bonds is 6. The van der Waals surface area contributed by atoms with Gasteiger partial charge >= 0.3 is 12.0 Å². The molecule has 2 amide bonds. The van der Waals surface area contributed by atoms with E-state index in [1.54, 1.807) is 6.07 Å². The summed E-state index contributed by atoms with van der Waals surface area (Å²) >= 11 is 0. The fraction of sp³-hybridized carbons (Fsp3) is 0.429. The Balaban J connectivity index is 2.73. The number of carbonyl (C=O) groups is 2. The summed E-state index contributed by atoms with van der Waals surface area (Å²) in [4.78, 5) is 23.9. The maximum Gasteiger partial charge on any atom is 0.321 e. The second-order valence-electron chi connectivity index (χ2n) is 4.54. The first-order valence-electron chi connectivity index (χ1n) is 6.46. The van der Waals surface area contributed by atoms with Gasteiger partial charge in [-0.3, -0.25) is 9.69 Å². The van der Waals surface area contributed by atoms with Gasteiger partial charge < -0.3 is 10.4 Å². The van der Waals surface area contributed by atoms with Gasteiger partial charge in [-0.15, -0.1) is 0 Å². The Bertz CT molecular complexity index is 479. The fourth-order valence-corrected chi connectivity index (χ4v) is 1.89. The summed E-state index contributed by atoms with van der Waals surface area (Å²) in [7, 11) is 1.44. The highest BCUT2D eigenvalue weighted by Gasteiger charge is 2.19. The molecule has 5 nitrogen and oxygen atoms in total. The van der Waals surface area contributed by atoms with E-state index in [9.17, 15) is 14.0 Å². The minimum Gasteiger partial charge on any atom is -0.481 e. The van der Waals surface area contributed by atoms with Crippen LogP contribution in [0.4, 0.5) is 14.9 Å². The quantitative estimate of drug-likeness (QED) is 0.842. The smallest absolute Gasteiger partial charge is 0.321 e. The third-order valence-electron chi connectivity index (χ3n) is 2.90. The fourth-order valence-electron chi connectivity index (χ4n) is 1.89. The number of hydrogen-bond acceptors (Lipinski definition) is 2. The first-order valence-corrected chi connectivity index (χ1v) is 6.46. The number of halogens is 1. The Kier molecular flexibility index (Phi) is 5.96. The van der Waals surface area contributed by atoms with Crippen LogP contribution >= 0.6 is 0 Å². The van der Waals surface area contributed by atoms with E-state index in [1.807, 2.05) is 6.92 Å². The zero-order chi connectivity index (χ0) is 15.1. The van der Waals surface area contributed by atoms with Gasteiger partial charge in [0.1, 0.15) is 5.82 Å². The largest absolute Gasteiger partial charge is 0.481 e. The van der Waals surface area contributed by atoms with E-state index in [2.05, 4.69) is 5.32 Å². The predicted octanol–water partition coefficient (Wildman–Crippen LogP) is 2.61. The van der Waals surface area contributed by atoms with Crippen LogP contribution in [0.2, 0.25) is 0 Å². The van der Waals surface area contributed by atoms with Crippen LogP contribution in [0, 0.1) is 5.82 Å². The molecular formula is C14H19FN2O3. The standard InChI is InChI=1S/C14H19FN2O3/c1-3-6-10(9-13(18)19)16-14(20)17(2)12-8-5-4-7-11(12)15/h4-5,7-8,10H,3,6,9H2,1-2H3,(H,16,20)(H,18,19). The second-order valence-corrected chi connectivity index (χ2v) is 4.54. The van der Waals surface area contributed by atoms with Crippen molar-refractivity contribution in [2.75, 3.05) is 11.9 Å². The minimum atomic E-state index is -0.975. The zero-order valence-corrected chi connectivity index (χ0v) is 11.6. The van der Waals surface area contributed by atoms with E-state index < -0.39 is 23.9 Å². The van der Waals surface area contributed by atoms with Crippen molar-refractivity contribution in [3.8, 4) is 0 Å². The van der Waals surface area contributed by atoms with Crippen LogP contribution in [0.1, 0.15) is 26.2 Å². The summed E-state index contributed by atoms with van der Waals surface area (Å²) in [5.41, 5.74) is 0.149. The molecule has 1 atom stereocenters. The lowest BCUT2D eigenvalue weighted by Gasteiger charge is -2.23. The topological polar surface area (TPSA) is 69.6 Å². The molecule has 0 saturated heterocycles. The normalized spacial score (nSPS) is 11.8. The Labute approximate surface area is 117 Å². The van der Waals surface area contributed by atoms with Crippen molar-refractivity contribution in [2.45, 2.75) is 32.2 Å². The number of nitrogens with zero attached hydrogens (tertiary/aromatic N) is 1. The van der Waals surface area contributed by atoms with E-state index in [0.29, 0.717) is 6.42 Å². The van der Waals surface area contributed by atoms with Crippen molar-refractivity contribution < 1.29 is 19.1 Å². The molecule has 1 unspecified atom stereocenters. The van der Waals surface area contributed by atoms with Crippen LogP contribution < -0.4 is 10.2 Å². The lowest BCUT2D eigenvalue weighted by atomic mass is 10.1. The zero-order valence-electron chi connectivity index (χ0n) is 11.6. The lowest BCUT2D eigenvalue weighted by Crippen LogP contribution is -2.44. The summed E-state index contributed by atoms with van der Waals surface area (Å²) in [6.45, 7) is 1.90. The van der Waals surface area contributed by atoms with Crippen LogP contribution in [-0.2, 0) is 4.79 Å². The summed E-state index contributed by atoms with van der Waals surface area (Å²) in [6.07, 6.45) is 1.16. The number of amides is 2. The summed E-state index contributed by atoms with van der Waals surface area (Å²) in [6, 6.07) is 4.94. The van der Waals surface area contributed by atoms with Crippen molar-refractivity contribution in [3.63, 3.8) is 0 Å². The highest BCUT2D eigenvalue weighted by atomic mass is 19.1. The van der Waals surface area contributed by atoms with Crippen LogP contribution in [0.5, 0.6) is 0 Å². The number of carbonyl (C=O) groups excluding carboxylic acids is 1. The highest BCUT2D eigenvalue weighted by molar-refractivity contribution is 5.91. The SMILES string of the molecule is CCCC(CC(=O)O)NC(=O)N(C)c1ccccc1F. The van der Waals surface area contributed by atoms with Crippen molar-refractivity contribution in [1.29, 1.82) is 0 Å². The number of benzene rings is 1. The average Bonchev–Trinajstić information content (AvgIpc) is 2.38. The van der Waals surface area contributed by atoms with E-state index in [-0.39, 0.29) is 12.1 Å². The molecule has 1 aromatic carbocycles. The number of anilines is 1. The Morgan fingerprint density at radius 3 is 2.60 bits per heavy atom. The molecule has 110 valence electrons. The van der Waals surface area contributed by atoms with Gasteiger partial charge in [-0.25, -0.2) is 9.18 Å². The third-order valence-corrected chi connectivity index (χ3v) is 2.90. The van der Waals surface area contributed by atoms with Gasteiger partial charge in [0.2, 0.25) is 0 Å². The number of aliphatic carboxylic acids is 1. The lowest BCUT2D eigenvalue weighted by molar-refractivity contribution is -0.137. The van der Waals surface area contributed by atoms with Crippen molar-refractivity contribution in [2.24, 2.45) is 0 Å². The summed E-state index contributed by atoms with van der Waals surface area (Å²) < 4.78 is 13.6. The number of carboxylic acid groups (broad SMARTS) is 1. The van der Waals surface area contributed by atoms with Crippen LogP contribution in [-0.4, -0.2) is 30.2 Å². The first kappa shape index (κ1) is 15.9. The highest BCUT2D eigenvalue weighted by Crippen LogP contribution is 2.17. The molecule has 0 aliphatic carbocycles. The molecule has 2 N–H and O–H groups in total. The molecule has 0 heterocycles. The van der Waals surface area contributed by atoms with Gasteiger partial charge in [0, 0.05) is 13.1 Å². The molecular weight excluding hydrogens is 263 g/mol. The first-order chi connectivity index (χ1) is 9.45. The number of hydrogen-bond donors (Lipinski definition) is 2. The molecule has 0 fully saturated rings. The van der Waals surface area contributed by atoms with Gasteiger partial charge in [-0.05, 0) is 18.6 Å². The van der Waals surface area contributed by atoms with Crippen LogP contribution in [0.25, 0.3) is 0 Å². The molecule has 0 aliphatic rings. The van der Waals surface area contributed by atoms with E-state index in [0.717, 1.165) is 11.3 Å². The van der Waals surface area contributed by atoms with E-state index in [4.69, 9.17) is 5.11 Å². The molecule has 1 aromatic rings. The minimum absolute atomic E-state index is 0.148. The Hall–Kier alpha value is -2.11. The maximum absolute atomic E-state index is 13.6. The van der Waals surface area contributed by atoms with Gasteiger partial charge in [0.25, 0.3) is 0 Å². The van der Waals surface area contributed by atoms with Gasteiger partial charge in [0.05, 0.1) is 12.1 Å². The van der Waals surface area contributed by atoms with Crippen molar-refractivity contribution in [1.82, 2.24) is 5.32 Å². The number of urea groups is 1. The monoisotopic (exact) mass is 282 g/mol. The summed E-state index contributed by atoms with van der Waals surface area (Å²) in [5, 5.41) is 11.4. The van der Waals surface area contributed by atoms with Crippen LogP contribution in [0.3, 0.4) is 0 Å². The van der Waals surface area contributed by atoms with Gasteiger partial charge in [-0.1, -0.05) is 25.5 Å². The van der Waals surface area contributed by atoms with Gasteiger partial charge in [0.15, 0.2) is 0 Å². The molecule has 0 aromatic heterocycles. The second kappa shape index (κ2) is 7.47. The molecule has 1 rings (SSSR count). The Morgan fingerprint density at radius 2 is 2.05 bits per heavy atom. The molecule has 6 heteroatoms. The molecule has 0 spiro atoms. The average molecular weight is 282 g/mol. The third kappa shape index (κ3) is 4.53. The molecule has 0 radical (unpaired) electrons. The van der Waals surface area contributed by atoms with Crippen LogP contribution in [0.15, 0.2) is 24.3 Å². The molecule has 20 heavy (non-hydrogen) atoms. The van der Waals surface area contributed by atoms with E-state index in [1.165, 1.54) is 25.2 Å². The Morgan fingerprint density at radius 1 is 1.40 bits per heavy atom. The maximum atomic E-state index is 13.6.